The Labute approximate surface area is 187 Å². The minimum Gasteiger partial charge on any atom is -0.307 e. The third-order valence-corrected chi connectivity index (χ3v) is 6.54. The number of pyridine rings is 2. The molecular formula is C24H26FN3O3S. The van der Waals surface area contributed by atoms with E-state index < -0.39 is 9.84 Å². The van der Waals surface area contributed by atoms with Crippen molar-refractivity contribution in [3.05, 3.63) is 87.7 Å². The third kappa shape index (κ3) is 4.97. The Hall–Kier alpha value is -2.84. The first-order valence-electron chi connectivity index (χ1n) is 10.6. The van der Waals surface area contributed by atoms with Gasteiger partial charge in [0.15, 0.2) is 9.84 Å². The predicted octanol–water partition coefficient (Wildman–Crippen LogP) is 3.05. The zero-order valence-corrected chi connectivity index (χ0v) is 18.9. The Morgan fingerprint density at radius 2 is 1.94 bits per heavy atom. The maximum Gasteiger partial charge on any atom is 0.253 e. The summed E-state index contributed by atoms with van der Waals surface area (Å²) in [6, 6.07) is 15.1. The summed E-state index contributed by atoms with van der Waals surface area (Å²) in [4.78, 5) is 17.8. The highest BCUT2D eigenvalue weighted by atomic mass is 32.2. The van der Waals surface area contributed by atoms with Gasteiger partial charge < -0.3 is 4.57 Å². The van der Waals surface area contributed by atoms with E-state index in [1.807, 2.05) is 30.3 Å². The average molecular weight is 456 g/mol. The molecule has 0 bridgehead atoms. The van der Waals surface area contributed by atoms with Gasteiger partial charge in [-0.1, -0.05) is 24.3 Å². The molecular weight excluding hydrogens is 429 g/mol. The minimum absolute atomic E-state index is 0.0698. The predicted molar refractivity (Wildman–Crippen MR) is 123 cm³/mol. The van der Waals surface area contributed by atoms with Crippen LogP contribution in [0.25, 0.3) is 11.3 Å². The van der Waals surface area contributed by atoms with Crippen molar-refractivity contribution < 1.29 is 12.8 Å². The van der Waals surface area contributed by atoms with Crippen LogP contribution in [0.2, 0.25) is 0 Å². The maximum atomic E-state index is 13.7. The van der Waals surface area contributed by atoms with Gasteiger partial charge >= 0.3 is 0 Å². The summed E-state index contributed by atoms with van der Waals surface area (Å²) in [6.45, 7) is 1.78. The SMILES string of the molecule is Cc1ccc2n(c1=O)C(Cc1cccc(-c3cccc(F)c3)n1)C(NCS(C)(=O)=O)CC2. The first-order valence-corrected chi connectivity index (χ1v) is 12.6. The molecule has 4 rings (SSSR count). The van der Waals surface area contributed by atoms with Crippen LogP contribution < -0.4 is 10.9 Å². The molecule has 0 saturated heterocycles. The zero-order chi connectivity index (χ0) is 22.9. The first kappa shape index (κ1) is 22.4. The number of benzene rings is 1. The highest BCUT2D eigenvalue weighted by Gasteiger charge is 2.31. The van der Waals surface area contributed by atoms with Crippen LogP contribution in [0.3, 0.4) is 0 Å². The fourth-order valence-electron chi connectivity index (χ4n) is 4.28. The number of aryl methyl sites for hydroxylation is 2. The number of nitrogens with one attached hydrogen (secondary N) is 1. The number of hydrogen-bond acceptors (Lipinski definition) is 5. The molecule has 168 valence electrons. The second kappa shape index (κ2) is 8.96. The normalized spacial score (nSPS) is 18.3. The Morgan fingerprint density at radius 1 is 1.16 bits per heavy atom. The van der Waals surface area contributed by atoms with Crippen LogP contribution in [0.1, 0.15) is 29.4 Å². The summed E-state index contributed by atoms with van der Waals surface area (Å²) >= 11 is 0. The molecule has 0 fully saturated rings. The summed E-state index contributed by atoms with van der Waals surface area (Å²) in [7, 11) is -3.21. The number of fused-ring (bicyclic) bond motifs is 1. The molecule has 32 heavy (non-hydrogen) atoms. The van der Waals surface area contributed by atoms with Crippen molar-refractivity contribution in [2.45, 2.75) is 38.3 Å². The lowest BCUT2D eigenvalue weighted by Gasteiger charge is -2.36. The fraction of sp³-hybridized carbons (Fsp3) is 0.333. The summed E-state index contributed by atoms with van der Waals surface area (Å²) in [6.07, 6.45) is 3.03. The van der Waals surface area contributed by atoms with Crippen molar-refractivity contribution in [1.82, 2.24) is 14.9 Å². The third-order valence-electron chi connectivity index (χ3n) is 5.85. The monoisotopic (exact) mass is 455 g/mol. The topological polar surface area (TPSA) is 81.1 Å². The molecule has 0 radical (unpaired) electrons. The second-order valence-corrected chi connectivity index (χ2v) is 10.5. The van der Waals surface area contributed by atoms with E-state index in [1.165, 1.54) is 18.4 Å². The van der Waals surface area contributed by atoms with Crippen molar-refractivity contribution in [3.63, 3.8) is 0 Å². The van der Waals surface area contributed by atoms with E-state index >= 15 is 0 Å². The maximum absolute atomic E-state index is 13.7. The van der Waals surface area contributed by atoms with Crippen molar-refractivity contribution in [2.24, 2.45) is 0 Å². The number of aromatic nitrogens is 2. The van der Waals surface area contributed by atoms with Crippen LogP contribution in [-0.2, 0) is 22.7 Å². The summed E-state index contributed by atoms with van der Waals surface area (Å²) in [5, 5.41) is 3.15. The van der Waals surface area contributed by atoms with Gasteiger partial charge in [-0.2, -0.15) is 0 Å². The average Bonchev–Trinajstić information content (AvgIpc) is 2.75. The quantitative estimate of drug-likeness (QED) is 0.618. The largest absolute Gasteiger partial charge is 0.307 e. The van der Waals surface area contributed by atoms with Gasteiger partial charge in [-0.25, -0.2) is 12.8 Å². The van der Waals surface area contributed by atoms with Gasteiger partial charge in [0.2, 0.25) is 0 Å². The molecule has 0 spiro atoms. The summed E-state index contributed by atoms with van der Waals surface area (Å²) < 4.78 is 39.0. The highest BCUT2D eigenvalue weighted by molar-refractivity contribution is 7.90. The Kier molecular flexibility index (Phi) is 6.26. The van der Waals surface area contributed by atoms with Crippen LogP contribution in [0.4, 0.5) is 4.39 Å². The van der Waals surface area contributed by atoms with E-state index in [9.17, 15) is 17.6 Å². The Morgan fingerprint density at radius 3 is 2.69 bits per heavy atom. The molecule has 3 aromatic rings. The zero-order valence-electron chi connectivity index (χ0n) is 18.1. The molecule has 2 aromatic heterocycles. The molecule has 1 aliphatic rings. The Bertz CT molecular complexity index is 1300. The van der Waals surface area contributed by atoms with Crippen LogP contribution in [0.5, 0.6) is 0 Å². The van der Waals surface area contributed by atoms with Gasteiger partial charge in [-0.15, -0.1) is 0 Å². The number of halogens is 1. The number of hydrogen-bond donors (Lipinski definition) is 1. The van der Waals surface area contributed by atoms with E-state index in [0.717, 1.165) is 11.4 Å². The number of rotatable bonds is 6. The van der Waals surface area contributed by atoms with Crippen molar-refractivity contribution in [3.8, 4) is 11.3 Å². The standard InChI is InChI=1S/C24H26FN3O3S/c1-16-9-10-20-11-12-22(26-15-32(2,30)31)23(28(20)24(16)29)14-19-7-4-8-21(27-19)17-5-3-6-18(25)13-17/h3-10,13,22-23,26H,11-12,14-15H2,1-2H3. The molecule has 1 aromatic carbocycles. The van der Waals surface area contributed by atoms with Crippen LogP contribution in [-0.4, -0.2) is 36.1 Å². The van der Waals surface area contributed by atoms with E-state index in [-0.39, 0.29) is 29.3 Å². The van der Waals surface area contributed by atoms with Crippen molar-refractivity contribution in [2.75, 3.05) is 12.1 Å². The van der Waals surface area contributed by atoms with E-state index in [2.05, 4.69) is 5.32 Å². The van der Waals surface area contributed by atoms with Crippen molar-refractivity contribution >= 4 is 9.84 Å². The molecule has 6 nitrogen and oxygen atoms in total. The summed E-state index contributed by atoms with van der Waals surface area (Å²) in [5.41, 5.74) is 3.59. The van der Waals surface area contributed by atoms with Crippen LogP contribution >= 0.6 is 0 Å². The molecule has 3 heterocycles. The van der Waals surface area contributed by atoms with Crippen molar-refractivity contribution in [1.29, 1.82) is 0 Å². The van der Waals surface area contributed by atoms with E-state index in [1.54, 1.807) is 23.6 Å². The van der Waals surface area contributed by atoms with Gasteiger partial charge in [-0.05, 0) is 50.1 Å². The molecule has 1 aliphatic heterocycles. The van der Waals surface area contributed by atoms with Gasteiger partial charge in [0.05, 0.1) is 17.6 Å². The lowest BCUT2D eigenvalue weighted by Crippen LogP contribution is -2.48. The smallest absolute Gasteiger partial charge is 0.253 e. The minimum atomic E-state index is -3.21. The second-order valence-electron chi connectivity index (χ2n) is 8.40. The molecule has 0 amide bonds. The summed E-state index contributed by atoms with van der Waals surface area (Å²) in [5.74, 6) is -0.483. The van der Waals surface area contributed by atoms with Gasteiger partial charge in [0.25, 0.3) is 5.56 Å². The van der Waals surface area contributed by atoms with Gasteiger partial charge in [-0.3, -0.25) is 15.1 Å². The van der Waals surface area contributed by atoms with Gasteiger partial charge in [0.1, 0.15) is 5.82 Å². The lowest BCUT2D eigenvalue weighted by atomic mass is 9.91. The van der Waals surface area contributed by atoms with Crippen LogP contribution in [0, 0.1) is 12.7 Å². The molecule has 2 unspecified atom stereocenters. The molecule has 2 atom stereocenters. The molecule has 0 aliphatic carbocycles. The molecule has 0 saturated carbocycles. The first-order chi connectivity index (χ1) is 15.2. The highest BCUT2D eigenvalue weighted by Crippen LogP contribution is 2.28. The molecule has 1 N–H and O–H groups in total. The van der Waals surface area contributed by atoms with E-state index in [0.29, 0.717) is 36.1 Å². The molecule has 8 heteroatoms. The van der Waals surface area contributed by atoms with Gasteiger partial charge in [0, 0.05) is 41.2 Å². The fourth-order valence-corrected chi connectivity index (χ4v) is 4.80. The number of nitrogens with zero attached hydrogens (tertiary/aromatic N) is 2. The number of sulfone groups is 1. The van der Waals surface area contributed by atoms with Crippen LogP contribution in [0.15, 0.2) is 59.4 Å². The Balaban J connectivity index is 1.71. The lowest BCUT2D eigenvalue weighted by molar-refractivity contribution is 0.293. The van der Waals surface area contributed by atoms with E-state index in [4.69, 9.17) is 4.98 Å².